The van der Waals surface area contributed by atoms with Crippen LogP contribution in [0.2, 0.25) is 0 Å². The number of aromatic nitrogens is 1. The largest absolute Gasteiger partial charge is 0.392 e. The molecule has 3 N–H and O–H groups in total. The van der Waals surface area contributed by atoms with Crippen molar-refractivity contribution in [3.8, 4) is 0 Å². The van der Waals surface area contributed by atoms with Crippen LogP contribution in [0.25, 0.3) is 10.9 Å². The molecule has 0 radical (unpaired) electrons. The van der Waals surface area contributed by atoms with Crippen LogP contribution in [0.1, 0.15) is 5.56 Å². The summed E-state index contributed by atoms with van der Waals surface area (Å²) in [6.07, 6.45) is 3.67. The van der Waals surface area contributed by atoms with Gasteiger partial charge < -0.3 is 25.0 Å². The third-order valence-electron chi connectivity index (χ3n) is 4.88. The zero-order valence-corrected chi connectivity index (χ0v) is 15.1. The predicted molar refractivity (Wildman–Crippen MR) is 96.0 cm³/mol. The van der Waals surface area contributed by atoms with E-state index >= 15 is 0 Å². The number of aliphatic hydroxyl groups excluding tert-OH is 1. The number of aromatic amines is 1. The van der Waals surface area contributed by atoms with E-state index in [1.165, 1.54) is 19.1 Å². The first-order chi connectivity index (χ1) is 11.9. The van der Waals surface area contributed by atoms with Gasteiger partial charge in [-0.05, 0) is 17.9 Å². The van der Waals surface area contributed by atoms with E-state index in [1.807, 2.05) is 30.5 Å². The summed E-state index contributed by atoms with van der Waals surface area (Å²) in [6.45, 7) is -0.477. The van der Waals surface area contributed by atoms with Gasteiger partial charge in [-0.15, -0.1) is 11.8 Å². The Hall–Kier alpha value is -2.03. The number of carbonyl (C=O) groups excluding carboxylic acids is 2. The van der Waals surface area contributed by atoms with E-state index in [-0.39, 0.29) is 6.42 Å². The monoisotopic (exact) mass is 363 g/mol. The number of methoxy groups -OCH3 is 1. The summed E-state index contributed by atoms with van der Waals surface area (Å²) in [5.74, 6) is -0.852. The van der Waals surface area contributed by atoms with E-state index in [4.69, 9.17) is 4.74 Å². The Labute approximate surface area is 149 Å². The number of nitrogens with one attached hydrogen (secondary N) is 2. The van der Waals surface area contributed by atoms with Gasteiger partial charge in [-0.2, -0.15) is 0 Å². The number of aliphatic hydroxyl groups is 1. The third kappa shape index (κ3) is 2.52. The Morgan fingerprint density at radius 2 is 2.04 bits per heavy atom. The second-order valence-electron chi connectivity index (χ2n) is 6.03. The number of amides is 2. The predicted octanol–water partition coefficient (Wildman–Crippen LogP) is 0.693. The number of thioether (sulfide) groups is 1. The molecule has 0 saturated carbocycles. The number of nitrogens with zero attached hydrogens (tertiary/aromatic N) is 1. The number of ether oxygens (including phenoxy) is 1. The number of carbonyl (C=O) groups is 2. The van der Waals surface area contributed by atoms with E-state index in [0.717, 1.165) is 28.2 Å². The third-order valence-corrected chi connectivity index (χ3v) is 6.14. The topological polar surface area (TPSA) is 94.7 Å². The normalized spacial score (nSPS) is 27.0. The molecule has 2 atom stereocenters. The average molecular weight is 363 g/mol. The number of H-pyrrole nitrogens is 1. The van der Waals surface area contributed by atoms with Crippen LogP contribution in [0.4, 0.5) is 0 Å². The highest BCUT2D eigenvalue weighted by molar-refractivity contribution is 8.00. The molecule has 1 aliphatic heterocycles. The first-order valence-corrected chi connectivity index (χ1v) is 9.03. The van der Waals surface area contributed by atoms with E-state index in [9.17, 15) is 14.7 Å². The van der Waals surface area contributed by atoms with Crippen LogP contribution in [-0.4, -0.2) is 64.4 Å². The standard InChI is InChI=1S/C17H21N3O4S/c1-20-15(23)16(24-2,19-14(22)17(20,10-21)25-3)8-11-9-18-13-7-5-4-6-12(11)13/h4-7,9,18,21H,8,10H2,1-3H3,(H,19,22)/t16-,17+/m0/s1. The van der Waals surface area contributed by atoms with E-state index in [2.05, 4.69) is 10.3 Å². The number of hydrogen-bond donors (Lipinski definition) is 3. The first-order valence-electron chi connectivity index (χ1n) is 7.81. The summed E-state index contributed by atoms with van der Waals surface area (Å²) in [7, 11) is 2.91. The molecule has 134 valence electrons. The molecule has 1 aromatic heterocycles. The highest BCUT2D eigenvalue weighted by Crippen LogP contribution is 2.35. The van der Waals surface area contributed by atoms with Crippen LogP contribution in [-0.2, 0) is 20.7 Å². The second-order valence-corrected chi connectivity index (χ2v) is 7.12. The Morgan fingerprint density at radius 3 is 2.68 bits per heavy atom. The minimum atomic E-state index is -1.51. The zero-order valence-electron chi connectivity index (χ0n) is 14.3. The van der Waals surface area contributed by atoms with Crippen molar-refractivity contribution in [3.63, 3.8) is 0 Å². The molecule has 2 heterocycles. The first kappa shape index (κ1) is 17.8. The number of para-hydroxylation sites is 1. The van der Waals surface area contributed by atoms with Crippen LogP contribution in [0.15, 0.2) is 30.5 Å². The van der Waals surface area contributed by atoms with Crippen molar-refractivity contribution in [2.24, 2.45) is 0 Å². The van der Waals surface area contributed by atoms with Crippen molar-refractivity contribution < 1.29 is 19.4 Å². The quantitative estimate of drug-likeness (QED) is 0.727. The van der Waals surface area contributed by atoms with Gasteiger partial charge in [0.05, 0.1) is 6.61 Å². The molecule has 1 aliphatic rings. The Morgan fingerprint density at radius 1 is 1.32 bits per heavy atom. The number of hydrogen-bond acceptors (Lipinski definition) is 5. The maximum atomic E-state index is 13.1. The molecule has 0 unspecified atom stereocenters. The van der Waals surface area contributed by atoms with Gasteiger partial charge in [0.15, 0.2) is 4.87 Å². The molecule has 1 aromatic carbocycles. The van der Waals surface area contributed by atoms with Crippen molar-refractivity contribution in [1.82, 2.24) is 15.2 Å². The fourth-order valence-electron chi connectivity index (χ4n) is 3.27. The summed E-state index contributed by atoms with van der Waals surface area (Å²) in [5, 5.41) is 13.4. The van der Waals surface area contributed by atoms with Crippen LogP contribution in [0.3, 0.4) is 0 Å². The minimum Gasteiger partial charge on any atom is -0.392 e. The lowest BCUT2D eigenvalue weighted by Crippen LogP contribution is -2.76. The van der Waals surface area contributed by atoms with Crippen molar-refractivity contribution in [1.29, 1.82) is 0 Å². The van der Waals surface area contributed by atoms with Crippen molar-refractivity contribution in [2.75, 3.05) is 27.0 Å². The lowest BCUT2D eigenvalue weighted by atomic mass is 9.96. The Balaban J connectivity index is 2.01. The molecule has 2 aromatic rings. The zero-order chi connectivity index (χ0) is 18.2. The number of likely N-dealkylation sites (N-methyl/N-ethyl adjacent to an activating group) is 1. The van der Waals surface area contributed by atoms with Gasteiger partial charge in [-0.1, -0.05) is 18.2 Å². The second kappa shape index (κ2) is 6.36. The molecule has 0 spiro atoms. The fourth-order valence-corrected chi connectivity index (χ4v) is 3.99. The van der Waals surface area contributed by atoms with Gasteiger partial charge in [-0.25, -0.2) is 0 Å². The van der Waals surface area contributed by atoms with Crippen LogP contribution < -0.4 is 5.32 Å². The van der Waals surface area contributed by atoms with Crippen LogP contribution in [0, 0.1) is 0 Å². The highest BCUT2D eigenvalue weighted by Gasteiger charge is 2.58. The minimum absolute atomic E-state index is 0.179. The fraction of sp³-hybridized carbons (Fsp3) is 0.412. The summed E-state index contributed by atoms with van der Waals surface area (Å²) in [5.41, 5.74) is 0.297. The smallest absolute Gasteiger partial charge is 0.277 e. The summed E-state index contributed by atoms with van der Waals surface area (Å²) < 4.78 is 5.51. The van der Waals surface area contributed by atoms with Gasteiger partial charge in [-0.3, -0.25) is 9.59 Å². The molecule has 0 aliphatic carbocycles. The van der Waals surface area contributed by atoms with Crippen LogP contribution in [0.5, 0.6) is 0 Å². The molecule has 8 heteroatoms. The van der Waals surface area contributed by atoms with Gasteiger partial charge in [0.2, 0.25) is 5.72 Å². The summed E-state index contributed by atoms with van der Waals surface area (Å²) in [6, 6.07) is 7.72. The summed E-state index contributed by atoms with van der Waals surface area (Å²) in [4.78, 5) is 28.9. The van der Waals surface area contributed by atoms with Gasteiger partial charge in [0, 0.05) is 37.7 Å². The van der Waals surface area contributed by atoms with Gasteiger partial charge in [0.1, 0.15) is 0 Å². The number of rotatable bonds is 5. The molecule has 1 saturated heterocycles. The molecular formula is C17H21N3O4S. The molecular weight excluding hydrogens is 342 g/mol. The van der Waals surface area contributed by atoms with Crippen molar-refractivity contribution in [2.45, 2.75) is 17.0 Å². The Bertz CT molecular complexity index is 817. The van der Waals surface area contributed by atoms with E-state index < -0.39 is 29.0 Å². The summed E-state index contributed by atoms with van der Waals surface area (Å²) >= 11 is 1.12. The lowest BCUT2D eigenvalue weighted by molar-refractivity contribution is -0.178. The maximum Gasteiger partial charge on any atom is 0.277 e. The molecule has 3 rings (SSSR count). The van der Waals surface area contributed by atoms with Gasteiger partial charge >= 0.3 is 0 Å². The van der Waals surface area contributed by atoms with E-state index in [1.54, 1.807) is 6.26 Å². The molecule has 0 bridgehead atoms. The molecule has 2 amide bonds. The lowest BCUT2D eigenvalue weighted by Gasteiger charge is -2.48. The average Bonchev–Trinajstić information content (AvgIpc) is 3.03. The van der Waals surface area contributed by atoms with Crippen molar-refractivity contribution in [3.05, 3.63) is 36.0 Å². The number of fused-ring (bicyclic) bond motifs is 1. The number of piperazine rings is 1. The maximum absolute atomic E-state index is 13.1. The molecule has 25 heavy (non-hydrogen) atoms. The molecule has 7 nitrogen and oxygen atoms in total. The highest BCUT2D eigenvalue weighted by atomic mass is 32.2. The van der Waals surface area contributed by atoms with Crippen LogP contribution >= 0.6 is 11.8 Å². The molecule has 1 fully saturated rings. The van der Waals surface area contributed by atoms with E-state index in [0.29, 0.717) is 0 Å². The number of benzene rings is 1. The Kier molecular flexibility index (Phi) is 4.52. The SMILES string of the molecule is CO[C@]1(Cc2c[nH]c3ccccc23)NC(=O)[C@@](CO)(SC)N(C)C1=O. The van der Waals surface area contributed by atoms with Crippen molar-refractivity contribution >= 4 is 34.5 Å². The van der Waals surface area contributed by atoms with Gasteiger partial charge in [0.25, 0.3) is 11.8 Å².